The summed E-state index contributed by atoms with van der Waals surface area (Å²) in [7, 11) is 0. The van der Waals surface area contributed by atoms with Gasteiger partial charge >= 0.3 is 0 Å². The van der Waals surface area contributed by atoms with E-state index < -0.39 is 0 Å². The van der Waals surface area contributed by atoms with Gasteiger partial charge in [-0.3, -0.25) is 0 Å². The molecule has 0 aromatic heterocycles. The highest BCUT2D eigenvalue weighted by Crippen LogP contribution is 2.05. The molecular formula is C6H13NO2. The molecule has 0 saturated carbocycles. The van der Waals surface area contributed by atoms with Crippen molar-refractivity contribution in [1.82, 2.24) is 0 Å². The third kappa shape index (κ3) is 5.27. The molecule has 0 rings (SSSR count). The van der Waals surface area contributed by atoms with Gasteiger partial charge in [0.05, 0.1) is 0 Å². The monoisotopic (exact) mass is 131 g/mol. The van der Waals surface area contributed by atoms with Crippen molar-refractivity contribution in [3.05, 3.63) is 4.91 Å². The van der Waals surface area contributed by atoms with Crippen LogP contribution in [0, 0.1) is 10.8 Å². The van der Waals surface area contributed by atoms with E-state index >= 15 is 0 Å². The van der Waals surface area contributed by atoms with Gasteiger partial charge in [0, 0.05) is 0 Å². The van der Waals surface area contributed by atoms with Crippen LogP contribution >= 0.6 is 0 Å². The Balaban J connectivity index is 2.96. The Morgan fingerprint density at radius 3 is 2.78 bits per heavy atom. The molecule has 1 atom stereocenters. The van der Waals surface area contributed by atoms with Crippen LogP contribution in [-0.2, 0) is 4.84 Å². The van der Waals surface area contributed by atoms with Crippen molar-refractivity contribution in [2.24, 2.45) is 11.3 Å². The third-order valence-electron chi connectivity index (χ3n) is 1.45. The van der Waals surface area contributed by atoms with Gasteiger partial charge in [-0.05, 0) is 12.3 Å². The van der Waals surface area contributed by atoms with Crippen LogP contribution in [0.1, 0.15) is 26.7 Å². The van der Waals surface area contributed by atoms with E-state index in [0.717, 1.165) is 12.8 Å². The molecule has 0 aromatic rings. The summed E-state index contributed by atoms with van der Waals surface area (Å²) in [4.78, 5) is 13.7. The normalized spacial score (nSPS) is 12.7. The molecule has 0 saturated heterocycles. The first-order valence-corrected chi connectivity index (χ1v) is 3.25. The van der Waals surface area contributed by atoms with Crippen LogP contribution in [0.5, 0.6) is 0 Å². The molecule has 0 amide bonds. The van der Waals surface area contributed by atoms with Crippen molar-refractivity contribution >= 4 is 0 Å². The summed E-state index contributed by atoms with van der Waals surface area (Å²) >= 11 is 0. The minimum absolute atomic E-state index is 0.457. The van der Waals surface area contributed by atoms with Crippen LogP contribution < -0.4 is 0 Å². The second-order valence-corrected chi connectivity index (χ2v) is 2.21. The molecule has 0 aliphatic heterocycles. The Kier molecular flexibility index (Phi) is 5.17. The Morgan fingerprint density at radius 1 is 1.67 bits per heavy atom. The lowest BCUT2D eigenvalue weighted by atomic mass is 10.1. The first kappa shape index (κ1) is 8.40. The zero-order valence-corrected chi connectivity index (χ0v) is 5.96. The number of hydrogen-bond donors (Lipinski definition) is 0. The van der Waals surface area contributed by atoms with Gasteiger partial charge in [-0.15, -0.1) is 4.91 Å². The van der Waals surface area contributed by atoms with E-state index in [9.17, 15) is 4.91 Å². The minimum Gasteiger partial charge on any atom is -0.364 e. The average molecular weight is 131 g/mol. The van der Waals surface area contributed by atoms with Crippen molar-refractivity contribution < 1.29 is 4.84 Å². The molecule has 0 heterocycles. The maximum absolute atomic E-state index is 9.40. The topological polar surface area (TPSA) is 38.7 Å². The molecule has 0 bridgehead atoms. The van der Waals surface area contributed by atoms with Crippen molar-refractivity contribution in [3.8, 4) is 0 Å². The van der Waals surface area contributed by atoms with Gasteiger partial charge in [0.1, 0.15) is 6.61 Å². The van der Waals surface area contributed by atoms with Crippen molar-refractivity contribution in [2.45, 2.75) is 26.7 Å². The van der Waals surface area contributed by atoms with Gasteiger partial charge < -0.3 is 4.84 Å². The predicted octanol–water partition coefficient (Wildman–Crippen LogP) is 2.12. The molecule has 54 valence electrons. The highest BCUT2D eigenvalue weighted by Gasteiger charge is 1.97. The zero-order chi connectivity index (χ0) is 7.11. The summed E-state index contributed by atoms with van der Waals surface area (Å²) in [5.74, 6) is 0.631. The summed E-state index contributed by atoms with van der Waals surface area (Å²) in [5.41, 5.74) is 0. The van der Waals surface area contributed by atoms with E-state index in [1.54, 1.807) is 0 Å². The first-order valence-electron chi connectivity index (χ1n) is 3.25. The lowest BCUT2D eigenvalue weighted by Gasteiger charge is -2.03. The van der Waals surface area contributed by atoms with Crippen LogP contribution in [0.4, 0.5) is 0 Å². The van der Waals surface area contributed by atoms with Gasteiger partial charge in [0.2, 0.25) is 0 Å². The van der Waals surface area contributed by atoms with E-state index in [1.165, 1.54) is 0 Å². The van der Waals surface area contributed by atoms with E-state index in [1.807, 2.05) is 0 Å². The summed E-state index contributed by atoms with van der Waals surface area (Å²) in [6, 6.07) is 0. The summed E-state index contributed by atoms with van der Waals surface area (Å²) in [6.07, 6.45) is 2.05. The van der Waals surface area contributed by atoms with E-state index in [-0.39, 0.29) is 0 Å². The molecule has 0 fully saturated rings. The van der Waals surface area contributed by atoms with E-state index in [4.69, 9.17) is 0 Å². The van der Waals surface area contributed by atoms with Crippen molar-refractivity contribution in [1.29, 1.82) is 0 Å². The molecule has 0 N–H and O–H groups in total. The lowest BCUT2D eigenvalue weighted by molar-refractivity contribution is 0.126. The van der Waals surface area contributed by atoms with E-state index in [0.29, 0.717) is 12.5 Å². The second-order valence-electron chi connectivity index (χ2n) is 2.21. The number of nitrogens with zero attached hydrogens (tertiary/aromatic N) is 1. The van der Waals surface area contributed by atoms with Crippen molar-refractivity contribution in [3.63, 3.8) is 0 Å². The van der Waals surface area contributed by atoms with Crippen LogP contribution in [0.25, 0.3) is 0 Å². The van der Waals surface area contributed by atoms with E-state index in [2.05, 4.69) is 24.0 Å². The largest absolute Gasteiger partial charge is 0.364 e. The summed E-state index contributed by atoms with van der Waals surface area (Å²) < 4.78 is 0. The Bertz CT molecular complexity index is 75.5. The number of hydrogen-bond acceptors (Lipinski definition) is 3. The van der Waals surface area contributed by atoms with Gasteiger partial charge in [0.15, 0.2) is 5.34 Å². The van der Waals surface area contributed by atoms with Crippen molar-refractivity contribution in [2.75, 3.05) is 6.61 Å². The Morgan fingerprint density at radius 2 is 2.33 bits per heavy atom. The SMILES string of the molecule is CCC(C)CCON=O. The van der Waals surface area contributed by atoms with Gasteiger partial charge in [0.25, 0.3) is 0 Å². The first-order chi connectivity index (χ1) is 4.31. The van der Waals surface area contributed by atoms with Crippen LogP contribution in [-0.4, -0.2) is 6.61 Å². The van der Waals surface area contributed by atoms with Crippen LogP contribution in [0.15, 0.2) is 5.34 Å². The Labute approximate surface area is 55.3 Å². The fraction of sp³-hybridized carbons (Fsp3) is 1.00. The lowest BCUT2D eigenvalue weighted by Crippen LogP contribution is -1.96. The molecule has 0 aliphatic carbocycles. The second kappa shape index (κ2) is 5.54. The molecule has 9 heavy (non-hydrogen) atoms. The summed E-state index contributed by atoms with van der Waals surface area (Å²) in [6.45, 7) is 4.69. The van der Waals surface area contributed by atoms with Gasteiger partial charge in [-0.1, -0.05) is 20.3 Å². The smallest absolute Gasteiger partial charge is 0.155 e. The molecule has 0 aromatic carbocycles. The fourth-order valence-electron chi connectivity index (χ4n) is 0.495. The third-order valence-corrected chi connectivity index (χ3v) is 1.45. The van der Waals surface area contributed by atoms with Gasteiger partial charge in [-0.25, -0.2) is 0 Å². The molecule has 3 heteroatoms. The van der Waals surface area contributed by atoms with Crippen LogP contribution in [0.2, 0.25) is 0 Å². The summed E-state index contributed by atoms with van der Waals surface area (Å²) in [5, 5.41) is 2.29. The number of rotatable bonds is 5. The predicted molar refractivity (Wildman–Crippen MR) is 35.8 cm³/mol. The minimum atomic E-state index is 0.457. The maximum atomic E-state index is 9.40. The molecule has 0 spiro atoms. The molecular weight excluding hydrogens is 118 g/mol. The standard InChI is InChI=1S/C6H13NO2/c1-3-6(2)4-5-9-7-8/h6H,3-5H2,1-2H3. The zero-order valence-electron chi connectivity index (χ0n) is 5.96. The quantitative estimate of drug-likeness (QED) is 0.325. The fourth-order valence-corrected chi connectivity index (χ4v) is 0.495. The maximum Gasteiger partial charge on any atom is 0.155 e. The highest BCUT2D eigenvalue weighted by molar-refractivity contribution is 4.46. The molecule has 0 aliphatic rings. The highest BCUT2D eigenvalue weighted by atomic mass is 16.7. The molecule has 1 unspecified atom stereocenters. The molecule has 3 nitrogen and oxygen atoms in total. The average Bonchev–Trinajstić information content (AvgIpc) is 1.89. The van der Waals surface area contributed by atoms with Crippen LogP contribution in [0.3, 0.4) is 0 Å². The van der Waals surface area contributed by atoms with Gasteiger partial charge in [-0.2, -0.15) is 0 Å². The molecule has 0 radical (unpaired) electrons. The Hall–Kier alpha value is -0.600.